The average molecular weight is 275 g/mol. The number of aromatic nitrogens is 4. The van der Waals surface area contributed by atoms with Crippen molar-refractivity contribution in [2.45, 2.75) is 26.7 Å². The molecule has 0 unspecified atom stereocenters. The van der Waals surface area contributed by atoms with Gasteiger partial charge in [0.2, 0.25) is 0 Å². The van der Waals surface area contributed by atoms with Crippen LogP contribution in [-0.4, -0.2) is 26.3 Å². The van der Waals surface area contributed by atoms with Crippen LogP contribution in [-0.2, 0) is 19.9 Å². The molecule has 2 heterocycles. The van der Waals surface area contributed by atoms with E-state index in [1.54, 1.807) is 4.68 Å². The second-order valence-corrected chi connectivity index (χ2v) is 4.62. The van der Waals surface area contributed by atoms with E-state index in [9.17, 15) is 0 Å². The molecule has 0 saturated heterocycles. The number of nitrogens with zero attached hydrogens (tertiary/aromatic N) is 4. The summed E-state index contributed by atoms with van der Waals surface area (Å²) in [6, 6.07) is 2.01. The summed E-state index contributed by atoms with van der Waals surface area (Å²) in [4.78, 5) is 8.83. The quantitative estimate of drug-likeness (QED) is 0.538. The van der Waals surface area contributed by atoms with Crippen LogP contribution < -0.4 is 16.6 Å². The molecule has 0 atom stereocenters. The Bertz CT molecular complexity index is 576. The zero-order chi connectivity index (χ0) is 14.5. The normalized spacial score (nSPS) is 10.6. The molecule has 0 fully saturated rings. The Morgan fingerprint density at radius 3 is 2.65 bits per heavy atom. The van der Waals surface area contributed by atoms with Gasteiger partial charge in [-0.25, -0.2) is 15.8 Å². The van der Waals surface area contributed by atoms with Crippen LogP contribution in [0.4, 0.5) is 11.6 Å². The van der Waals surface area contributed by atoms with Crippen LogP contribution >= 0.6 is 0 Å². The Morgan fingerprint density at radius 1 is 1.30 bits per heavy atom. The van der Waals surface area contributed by atoms with Gasteiger partial charge in [-0.2, -0.15) is 5.10 Å². The highest BCUT2D eigenvalue weighted by atomic mass is 15.3. The molecule has 7 nitrogen and oxygen atoms in total. The average Bonchev–Trinajstić information content (AvgIpc) is 2.86. The van der Waals surface area contributed by atoms with Crippen LogP contribution in [0.5, 0.6) is 0 Å². The maximum Gasteiger partial charge on any atom is 0.148 e. The zero-order valence-electron chi connectivity index (χ0n) is 12.1. The molecule has 0 radical (unpaired) electrons. The lowest BCUT2D eigenvalue weighted by atomic mass is 10.2. The van der Waals surface area contributed by atoms with Gasteiger partial charge in [-0.05, 0) is 13.0 Å². The molecule has 4 N–H and O–H groups in total. The number of rotatable bonds is 6. The summed E-state index contributed by atoms with van der Waals surface area (Å²) < 4.78 is 1.80. The third kappa shape index (κ3) is 3.24. The first kappa shape index (κ1) is 14.3. The molecule has 0 amide bonds. The molecule has 0 spiro atoms. The van der Waals surface area contributed by atoms with Gasteiger partial charge in [0.15, 0.2) is 0 Å². The maximum absolute atomic E-state index is 5.48. The molecule has 108 valence electrons. The summed E-state index contributed by atoms with van der Waals surface area (Å²) >= 11 is 0. The molecule has 2 aromatic heterocycles. The molecule has 0 bridgehead atoms. The standard InChI is InChI=1S/C13H21N7/c1-4-11-16-12(9(2)13(17-11)18-14)15-7-5-10-6-8-20(3)19-10/h6,8H,4-5,7,14H2,1-3H3,(H2,15,16,17,18). The fourth-order valence-corrected chi connectivity index (χ4v) is 1.94. The van der Waals surface area contributed by atoms with Gasteiger partial charge in [-0.15, -0.1) is 0 Å². The number of nitrogens with one attached hydrogen (secondary N) is 2. The predicted octanol–water partition coefficient (Wildman–Crippen LogP) is 1.02. The fourth-order valence-electron chi connectivity index (χ4n) is 1.94. The summed E-state index contributed by atoms with van der Waals surface area (Å²) in [5.41, 5.74) is 4.59. The van der Waals surface area contributed by atoms with Crippen molar-refractivity contribution in [1.29, 1.82) is 0 Å². The number of nitrogens with two attached hydrogens (primary N) is 1. The molecule has 2 rings (SSSR count). The predicted molar refractivity (Wildman–Crippen MR) is 79.4 cm³/mol. The summed E-state index contributed by atoms with van der Waals surface area (Å²) in [5.74, 6) is 7.74. The SMILES string of the molecule is CCc1nc(NN)c(C)c(NCCc2ccn(C)n2)n1. The molecule has 0 saturated carbocycles. The zero-order valence-corrected chi connectivity index (χ0v) is 12.1. The van der Waals surface area contributed by atoms with Gasteiger partial charge >= 0.3 is 0 Å². The highest BCUT2D eigenvalue weighted by molar-refractivity contribution is 5.56. The van der Waals surface area contributed by atoms with E-state index in [2.05, 4.69) is 25.8 Å². The topological polar surface area (TPSA) is 93.7 Å². The van der Waals surface area contributed by atoms with Gasteiger partial charge in [-0.3, -0.25) is 4.68 Å². The van der Waals surface area contributed by atoms with Crippen LogP contribution in [0.15, 0.2) is 12.3 Å². The second-order valence-electron chi connectivity index (χ2n) is 4.62. The molecule has 0 aliphatic carbocycles. The fraction of sp³-hybridized carbons (Fsp3) is 0.462. The minimum atomic E-state index is 0.664. The Hall–Kier alpha value is -2.15. The van der Waals surface area contributed by atoms with E-state index in [4.69, 9.17) is 5.84 Å². The van der Waals surface area contributed by atoms with E-state index in [0.29, 0.717) is 5.82 Å². The maximum atomic E-state index is 5.48. The smallest absolute Gasteiger partial charge is 0.148 e. The van der Waals surface area contributed by atoms with Gasteiger partial charge < -0.3 is 10.7 Å². The van der Waals surface area contributed by atoms with E-state index >= 15 is 0 Å². The first-order chi connectivity index (χ1) is 9.63. The van der Waals surface area contributed by atoms with Gasteiger partial charge in [0.05, 0.1) is 5.69 Å². The number of hydrogen-bond acceptors (Lipinski definition) is 6. The van der Waals surface area contributed by atoms with E-state index in [0.717, 1.165) is 42.3 Å². The number of hydrazine groups is 1. The Labute approximate surface area is 118 Å². The van der Waals surface area contributed by atoms with E-state index in [1.165, 1.54) is 0 Å². The van der Waals surface area contributed by atoms with Gasteiger partial charge in [0, 0.05) is 38.2 Å². The Morgan fingerprint density at radius 2 is 2.05 bits per heavy atom. The summed E-state index contributed by atoms with van der Waals surface area (Å²) in [5, 5.41) is 7.67. The van der Waals surface area contributed by atoms with Crippen molar-refractivity contribution in [1.82, 2.24) is 19.7 Å². The molecule has 0 aliphatic rings. The third-order valence-corrected chi connectivity index (χ3v) is 3.09. The van der Waals surface area contributed by atoms with Crippen molar-refractivity contribution in [3.05, 3.63) is 29.3 Å². The monoisotopic (exact) mass is 275 g/mol. The molecule has 20 heavy (non-hydrogen) atoms. The van der Waals surface area contributed by atoms with E-state index < -0.39 is 0 Å². The van der Waals surface area contributed by atoms with Gasteiger partial charge in [-0.1, -0.05) is 6.92 Å². The summed E-state index contributed by atoms with van der Waals surface area (Å²) in [7, 11) is 1.91. The van der Waals surface area contributed by atoms with E-state index in [-0.39, 0.29) is 0 Å². The van der Waals surface area contributed by atoms with Crippen LogP contribution in [0.3, 0.4) is 0 Å². The highest BCUT2D eigenvalue weighted by Gasteiger charge is 2.09. The Balaban J connectivity index is 2.04. The summed E-state index contributed by atoms with van der Waals surface area (Å²) in [6.07, 6.45) is 3.55. The second kappa shape index (κ2) is 6.33. The van der Waals surface area contributed by atoms with Gasteiger partial charge in [0.25, 0.3) is 0 Å². The van der Waals surface area contributed by atoms with Crippen molar-refractivity contribution in [3.8, 4) is 0 Å². The number of aryl methyl sites for hydroxylation is 2. The van der Waals surface area contributed by atoms with Crippen molar-refractivity contribution >= 4 is 11.6 Å². The first-order valence-electron chi connectivity index (χ1n) is 6.70. The van der Waals surface area contributed by atoms with Crippen molar-refractivity contribution in [3.63, 3.8) is 0 Å². The van der Waals surface area contributed by atoms with Crippen LogP contribution in [0, 0.1) is 6.92 Å². The lowest BCUT2D eigenvalue weighted by molar-refractivity contribution is 0.741. The Kier molecular flexibility index (Phi) is 4.52. The minimum Gasteiger partial charge on any atom is -0.369 e. The molecule has 2 aromatic rings. The number of nitrogen functional groups attached to an aromatic ring is 1. The number of hydrogen-bond donors (Lipinski definition) is 3. The van der Waals surface area contributed by atoms with Crippen molar-refractivity contribution < 1.29 is 0 Å². The molecular weight excluding hydrogens is 254 g/mol. The first-order valence-corrected chi connectivity index (χ1v) is 6.70. The molecular formula is C13H21N7. The van der Waals surface area contributed by atoms with Crippen molar-refractivity contribution in [2.24, 2.45) is 12.9 Å². The largest absolute Gasteiger partial charge is 0.369 e. The molecule has 0 aliphatic heterocycles. The lowest BCUT2D eigenvalue weighted by Gasteiger charge is -2.12. The highest BCUT2D eigenvalue weighted by Crippen LogP contribution is 2.19. The van der Waals surface area contributed by atoms with Crippen LogP contribution in [0.1, 0.15) is 24.0 Å². The van der Waals surface area contributed by atoms with Gasteiger partial charge in [0.1, 0.15) is 17.5 Å². The van der Waals surface area contributed by atoms with Crippen LogP contribution in [0.2, 0.25) is 0 Å². The lowest BCUT2D eigenvalue weighted by Crippen LogP contribution is -2.16. The third-order valence-electron chi connectivity index (χ3n) is 3.09. The van der Waals surface area contributed by atoms with E-state index in [1.807, 2.05) is 33.2 Å². The molecule has 7 heteroatoms. The summed E-state index contributed by atoms with van der Waals surface area (Å²) in [6.45, 7) is 4.72. The molecule has 0 aromatic carbocycles. The number of anilines is 2. The van der Waals surface area contributed by atoms with Crippen LogP contribution in [0.25, 0.3) is 0 Å². The van der Waals surface area contributed by atoms with Crippen molar-refractivity contribution in [2.75, 3.05) is 17.3 Å². The minimum absolute atomic E-state index is 0.664.